The van der Waals surface area contributed by atoms with E-state index in [-0.39, 0.29) is 17.7 Å². The van der Waals surface area contributed by atoms with Crippen LogP contribution >= 0.6 is 12.2 Å². The lowest BCUT2D eigenvalue weighted by Crippen LogP contribution is -2.53. The van der Waals surface area contributed by atoms with Gasteiger partial charge in [-0.3, -0.25) is 4.90 Å². The Hall–Kier alpha value is -2.09. The molecule has 0 atom stereocenters. The smallest absolute Gasteiger partial charge is 0.169 e. The van der Waals surface area contributed by atoms with Gasteiger partial charge in [-0.2, -0.15) is 0 Å². The molecule has 1 saturated heterocycles. The SMILES string of the molecule is CN(C)CCNC(=S)N1CCN(C(c2ccc(F)cc2)c2ccc(F)cc2)CC1. The largest absolute Gasteiger partial charge is 0.361 e. The van der Waals surface area contributed by atoms with Gasteiger partial charge in [0, 0.05) is 39.3 Å². The minimum atomic E-state index is -0.259. The summed E-state index contributed by atoms with van der Waals surface area (Å²) in [6.07, 6.45) is 0. The quantitative estimate of drug-likeness (QED) is 0.726. The van der Waals surface area contributed by atoms with Gasteiger partial charge in [0.1, 0.15) is 11.6 Å². The number of rotatable bonds is 6. The second kappa shape index (κ2) is 10.1. The zero-order chi connectivity index (χ0) is 20.8. The van der Waals surface area contributed by atoms with Crippen molar-refractivity contribution >= 4 is 17.3 Å². The molecule has 0 aromatic heterocycles. The van der Waals surface area contributed by atoms with Gasteiger partial charge >= 0.3 is 0 Å². The minimum absolute atomic E-state index is 0.0476. The summed E-state index contributed by atoms with van der Waals surface area (Å²) in [6, 6.07) is 13.1. The summed E-state index contributed by atoms with van der Waals surface area (Å²) in [5, 5.41) is 4.10. The van der Waals surface area contributed by atoms with E-state index in [1.165, 1.54) is 24.3 Å². The Morgan fingerprint density at radius 1 is 0.931 bits per heavy atom. The average Bonchev–Trinajstić information content (AvgIpc) is 2.71. The predicted octanol–water partition coefficient (Wildman–Crippen LogP) is 3.11. The fraction of sp³-hybridized carbons (Fsp3) is 0.409. The number of benzene rings is 2. The van der Waals surface area contributed by atoms with E-state index in [1.807, 2.05) is 38.4 Å². The van der Waals surface area contributed by atoms with Crippen LogP contribution in [0.1, 0.15) is 17.2 Å². The summed E-state index contributed by atoms with van der Waals surface area (Å²) >= 11 is 5.54. The molecule has 29 heavy (non-hydrogen) atoms. The Balaban J connectivity index is 1.69. The van der Waals surface area contributed by atoms with Crippen molar-refractivity contribution in [2.75, 3.05) is 53.4 Å². The van der Waals surface area contributed by atoms with E-state index in [9.17, 15) is 8.78 Å². The van der Waals surface area contributed by atoms with Crippen LogP contribution in [-0.4, -0.2) is 73.2 Å². The number of hydrogen-bond donors (Lipinski definition) is 1. The van der Waals surface area contributed by atoms with Gasteiger partial charge in [-0.15, -0.1) is 0 Å². The van der Waals surface area contributed by atoms with E-state index in [0.29, 0.717) is 0 Å². The molecule has 3 rings (SSSR count). The van der Waals surface area contributed by atoms with Crippen LogP contribution in [0.2, 0.25) is 0 Å². The lowest BCUT2D eigenvalue weighted by Gasteiger charge is -2.40. The van der Waals surface area contributed by atoms with Crippen molar-refractivity contribution in [2.45, 2.75) is 6.04 Å². The number of piperazine rings is 1. The number of thiocarbonyl (C=S) groups is 1. The molecule has 0 saturated carbocycles. The van der Waals surface area contributed by atoms with Gasteiger partial charge in [-0.05, 0) is 61.7 Å². The monoisotopic (exact) mass is 418 g/mol. The molecule has 1 heterocycles. The minimum Gasteiger partial charge on any atom is -0.361 e. The zero-order valence-electron chi connectivity index (χ0n) is 16.9. The molecule has 0 radical (unpaired) electrons. The Labute approximate surface area is 177 Å². The maximum atomic E-state index is 13.4. The predicted molar refractivity (Wildman–Crippen MR) is 117 cm³/mol. The Bertz CT molecular complexity index is 742. The molecule has 1 aliphatic heterocycles. The summed E-state index contributed by atoms with van der Waals surface area (Å²) < 4.78 is 26.9. The summed E-state index contributed by atoms with van der Waals surface area (Å²) in [6.45, 7) is 5.00. The van der Waals surface area contributed by atoms with Crippen LogP contribution in [0.3, 0.4) is 0 Å². The van der Waals surface area contributed by atoms with Crippen molar-refractivity contribution in [2.24, 2.45) is 0 Å². The van der Waals surface area contributed by atoms with Crippen molar-refractivity contribution in [1.82, 2.24) is 20.0 Å². The Morgan fingerprint density at radius 2 is 1.41 bits per heavy atom. The molecule has 2 aromatic carbocycles. The molecule has 1 N–H and O–H groups in total. The Morgan fingerprint density at radius 3 is 1.86 bits per heavy atom. The highest BCUT2D eigenvalue weighted by Gasteiger charge is 2.27. The standard InChI is InChI=1S/C22H28F2N4S/c1-26(2)12-11-25-22(29)28-15-13-27(14-16-28)21(17-3-7-19(23)8-4-17)18-5-9-20(24)10-6-18/h3-10,21H,11-16H2,1-2H3,(H,25,29). The number of halogens is 2. The maximum absolute atomic E-state index is 13.4. The van der Waals surface area contributed by atoms with E-state index in [4.69, 9.17) is 12.2 Å². The van der Waals surface area contributed by atoms with Gasteiger partial charge < -0.3 is 15.1 Å². The number of hydrogen-bond acceptors (Lipinski definition) is 3. The normalized spacial score (nSPS) is 15.2. The lowest BCUT2D eigenvalue weighted by atomic mass is 9.96. The lowest BCUT2D eigenvalue weighted by molar-refractivity contribution is 0.149. The van der Waals surface area contributed by atoms with Gasteiger partial charge in [0.2, 0.25) is 0 Å². The third kappa shape index (κ3) is 5.95. The van der Waals surface area contributed by atoms with E-state index >= 15 is 0 Å². The first-order chi connectivity index (χ1) is 13.9. The highest BCUT2D eigenvalue weighted by molar-refractivity contribution is 7.80. The van der Waals surface area contributed by atoms with E-state index in [0.717, 1.165) is 55.5 Å². The summed E-state index contributed by atoms with van der Waals surface area (Å²) in [4.78, 5) is 6.65. The first kappa shape index (κ1) is 21.6. The van der Waals surface area contributed by atoms with Crippen molar-refractivity contribution in [3.63, 3.8) is 0 Å². The van der Waals surface area contributed by atoms with E-state index in [1.54, 1.807) is 0 Å². The van der Waals surface area contributed by atoms with Gasteiger partial charge in [-0.25, -0.2) is 8.78 Å². The Kier molecular flexibility index (Phi) is 7.52. The molecule has 7 heteroatoms. The molecule has 4 nitrogen and oxygen atoms in total. The maximum Gasteiger partial charge on any atom is 0.169 e. The van der Waals surface area contributed by atoms with Gasteiger partial charge in [-0.1, -0.05) is 24.3 Å². The molecule has 0 bridgehead atoms. The van der Waals surface area contributed by atoms with Crippen LogP contribution in [0.4, 0.5) is 8.78 Å². The molecule has 156 valence electrons. The second-order valence-corrected chi connectivity index (χ2v) is 7.95. The zero-order valence-corrected chi connectivity index (χ0v) is 17.8. The first-order valence-electron chi connectivity index (χ1n) is 9.86. The number of nitrogens with one attached hydrogen (secondary N) is 1. The first-order valence-corrected chi connectivity index (χ1v) is 10.3. The third-order valence-corrected chi connectivity index (χ3v) is 5.58. The summed E-state index contributed by atoms with van der Waals surface area (Å²) in [5.74, 6) is -0.517. The second-order valence-electron chi connectivity index (χ2n) is 7.56. The molecule has 0 amide bonds. The van der Waals surface area contributed by atoms with Crippen LogP contribution in [0.25, 0.3) is 0 Å². The molecule has 0 aliphatic carbocycles. The van der Waals surface area contributed by atoms with Crippen LogP contribution < -0.4 is 5.32 Å². The van der Waals surface area contributed by atoms with Gasteiger partial charge in [0.25, 0.3) is 0 Å². The van der Waals surface area contributed by atoms with Crippen molar-refractivity contribution < 1.29 is 8.78 Å². The van der Waals surface area contributed by atoms with Crippen molar-refractivity contribution in [3.05, 3.63) is 71.3 Å². The molecular formula is C22H28F2N4S. The molecule has 1 aliphatic rings. The summed E-state index contributed by atoms with van der Waals surface area (Å²) in [7, 11) is 4.07. The fourth-order valence-electron chi connectivity index (χ4n) is 3.59. The van der Waals surface area contributed by atoms with E-state index < -0.39 is 0 Å². The van der Waals surface area contributed by atoms with Gasteiger partial charge in [0.05, 0.1) is 6.04 Å². The van der Waals surface area contributed by atoms with Crippen molar-refractivity contribution in [1.29, 1.82) is 0 Å². The summed E-state index contributed by atoms with van der Waals surface area (Å²) in [5.41, 5.74) is 2.00. The third-order valence-electron chi connectivity index (χ3n) is 5.17. The van der Waals surface area contributed by atoms with Crippen LogP contribution in [0.5, 0.6) is 0 Å². The van der Waals surface area contributed by atoms with Crippen LogP contribution in [0.15, 0.2) is 48.5 Å². The van der Waals surface area contributed by atoms with Crippen LogP contribution in [0, 0.1) is 11.6 Å². The van der Waals surface area contributed by atoms with E-state index in [2.05, 4.69) is 20.0 Å². The molecule has 0 spiro atoms. The average molecular weight is 419 g/mol. The molecule has 0 unspecified atom stereocenters. The highest BCUT2D eigenvalue weighted by atomic mass is 32.1. The topological polar surface area (TPSA) is 21.8 Å². The molecule has 1 fully saturated rings. The molecule has 2 aromatic rings. The van der Waals surface area contributed by atoms with Gasteiger partial charge in [0.15, 0.2) is 5.11 Å². The van der Waals surface area contributed by atoms with Crippen molar-refractivity contribution in [3.8, 4) is 0 Å². The fourth-order valence-corrected chi connectivity index (χ4v) is 3.87. The van der Waals surface area contributed by atoms with Crippen LogP contribution in [-0.2, 0) is 0 Å². The number of nitrogens with zero attached hydrogens (tertiary/aromatic N) is 3. The number of likely N-dealkylation sites (N-methyl/N-ethyl adjacent to an activating group) is 1. The molecular weight excluding hydrogens is 390 g/mol. The highest BCUT2D eigenvalue weighted by Crippen LogP contribution is 2.30.